The molecule has 6 heteroatoms. The quantitative estimate of drug-likeness (QED) is 0.252. The summed E-state index contributed by atoms with van der Waals surface area (Å²) < 4.78 is 22.5. The van der Waals surface area contributed by atoms with Gasteiger partial charge in [-0.2, -0.15) is 0 Å². The van der Waals surface area contributed by atoms with Gasteiger partial charge in [-0.15, -0.1) is 0 Å². The second-order valence-corrected chi connectivity index (χ2v) is 6.59. The lowest BCUT2D eigenvalue weighted by Crippen LogP contribution is -2.50. The minimum absolute atomic E-state index is 0.205. The molecule has 0 aliphatic rings. The van der Waals surface area contributed by atoms with E-state index in [1.807, 2.05) is 27.7 Å². The lowest BCUT2D eigenvalue weighted by molar-refractivity contribution is -0.324. The number of rotatable bonds is 11. The Hall–Kier alpha value is -0.693. The fourth-order valence-corrected chi connectivity index (χ4v) is 3.81. The van der Waals surface area contributed by atoms with E-state index >= 15 is 0 Å². The van der Waals surface area contributed by atoms with Crippen LogP contribution < -0.4 is 0 Å². The fraction of sp³-hybridized carbons (Fsp3) is 0.786. The van der Waals surface area contributed by atoms with Crippen molar-refractivity contribution in [2.24, 2.45) is 0 Å². The molecule has 0 aromatic rings. The molecule has 0 N–H and O–H groups in total. The van der Waals surface area contributed by atoms with Crippen LogP contribution in [0.4, 0.5) is 0 Å². The first-order chi connectivity index (χ1) is 9.44. The van der Waals surface area contributed by atoms with E-state index in [0.29, 0.717) is 31.8 Å². The molecule has 5 nitrogen and oxygen atoms in total. The predicted octanol–water partition coefficient (Wildman–Crippen LogP) is 1.73. The molecule has 0 bridgehead atoms. The normalized spacial score (nSPS) is 13.7. The Balaban J connectivity index is 4.88. The molecular weight excluding hydrogens is 276 g/mol. The average molecular weight is 304 g/mol. The number of hydrogen-bond acceptors (Lipinski definition) is 5. The molecule has 0 aliphatic carbocycles. The summed E-state index contributed by atoms with van der Waals surface area (Å²) in [5.41, 5.74) is -0.829. The summed E-state index contributed by atoms with van der Waals surface area (Å²) in [4.78, 5) is 11.6. The number of esters is 1. The Kier molecular flexibility index (Phi) is 9.74. The zero-order valence-electron chi connectivity index (χ0n) is 13.4. The van der Waals surface area contributed by atoms with Crippen LogP contribution >= 0.6 is 0 Å². The van der Waals surface area contributed by atoms with Gasteiger partial charge in [0.25, 0.3) is 5.60 Å². The van der Waals surface area contributed by atoms with Crippen LogP contribution in [0.1, 0.15) is 41.0 Å². The summed E-state index contributed by atoms with van der Waals surface area (Å²) in [5.74, 6) is -0.372. The summed E-state index contributed by atoms with van der Waals surface area (Å²) in [6.07, 6.45) is 0.709. The van der Waals surface area contributed by atoms with Gasteiger partial charge in [-0.3, -0.25) is 0 Å². The summed E-state index contributed by atoms with van der Waals surface area (Å²) in [6.45, 7) is 14.3. The Morgan fingerprint density at radius 3 is 1.85 bits per heavy atom. The highest BCUT2D eigenvalue weighted by atomic mass is 28.2. The van der Waals surface area contributed by atoms with Crippen LogP contribution in [-0.2, 0) is 23.7 Å². The highest BCUT2D eigenvalue weighted by Crippen LogP contribution is 2.18. The number of carbonyl (C=O) groups excluding carboxylic acids is 1. The Morgan fingerprint density at radius 2 is 1.55 bits per heavy atom. The zero-order valence-corrected chi connectivity index (χ0v) is 14.8. The third kappa shape index (κ3) is 6.65. The predicted molar refractivity (Wildman–Crippen MR) is 81.1 cm³/mol. The molecule has 0 aromatic heterocycles. The molecule has 1 unspecified atom stereocenters. The topological polar surface area (TPSA) is 54.0 Å². The highest BCUT2D eigenvalue weighted by Gasteiger charge is 2.37. The summed E-state index contributed by atoms with van der Waals surface area (Å²) >= 11 is 0. The first kappa shape index (κ1) is 19.3. The summed E-state index contributed by atoms with van der Waals surface area (Å²) in [5, 5.41) is 0. The Morgan fingerprint density at radius 1 is 1.10 bits per heavy atom. The van der Waals surface area contributed by atoms with Crippen molar-refractivity contribution in [1.29, 1.82) is 0 Å². The van der Waals surface area contributed by atoms with Gasteiger partial charge in [0.1, 0.15) is 0 Å². The van der Waals surface area contributed by atoms with E-state index < -0.39 is 15.1 Å². The van der Waals surface area contributed by atoms with Crippen molar-refractivity contribution in [2.45, 2.75) is 52.4 Å². The maximum Gasteiger partial charge on any atom is 0.333 e. The standard InChI is InChI=1S/C14H28O5Si/c1-7-12(19-13(15)11(5)6)20-14(16-8-2,17-9-3)18-10-4/h12H,5,7-10,20H2,1-4,6H3. The maximum atomic E-state index is 11.6. The average Bonchev–Trinajstić information content (AvgIpc) is 2.38. The summed E-state index contributed by atoms with van der Waals surface area (Å²) in [6, 6.07) is 0. The monoisotopic (exact) mass is 304 g/mol. The first-order valence-corrected chi connectivity index (χ1v) is 8.75. The number of ether oxygens (including phenoxy) is 4. The van der Waals surface area contributed by atoms with E-state index in [9.17, 15) is 4.79 Å². The van der Waals surface area contributed by atoms with E-state index in [1.165, 1.54) is 0 Å². The summed E-state index contributed by atoms with van der Waals surface area (Å²) in [7, 11) is -1.13. The van der Waals surface area contributed by atoms with Crippen LogP contribution in [0.15, 0.2) is 12.2 Å². The van der Waals surface area contributed by atoms with E-state index in [-0.39, 0.29) is 11.7 Å². The van der Waals surface area contributed by atoms with Crippen molar-refractivity contribution in [2.75, 3.05) is 19.8 Å². The molecule has 0 fully saturated rings. The minimum Gasteiger partial charge on any atom is -0.463 e. The molecule has 1 atom stereocenters. The zero-order chi connectivity index (χ0) is 15.6. The molecule has 0 amide bonds. The van der Waals surface area contributed by atoms with Gasteiger partial charge in [0.05, 0.1) is 5.73 Å². The van der Waals surface area contributed by atoms with Crippen molar-refractivity contribution < 1.29 is 23.7 Å². The highest BCUT2D eigenvalue weighted by molar-refractivity contribution is 6.40. The van der Waals surface area contributed by atoms with E-state index in [2.05, 4.69) is 6.58 Å². The van der Waals surface area contributed by atoms with Gasteiger partial charge in [0, 0.05) is 25.4 Å². The number of hydrogen-bond donors (Lipinski definition) is 0. The third-order valence-electron chi connectivity index (χ3n) is 2.65. The molecule has 0 saturated carbocycles. The van der Waals surface area contributed by atoms with E-state index in [1.54, 1.807) is 6.92 Å². The van der Waals surface area contributed by atoms with Gasteiger partial charge in [0.15, 0.2) is 9.52 Å². The molecule has 20 heavy (non-hydrogen) atoms. The van der Waals surface area contributed by atoms with Crippen LogP contribution in [0, 0.1) is 0 Å². The van der Waals surface area contributed by atoms with Gasteiger partial charge in [-0.05, 0) is 34.1 Å². The third-order valence-corrected chi connectivity index (χ3v) is 4.96. The fourth-order valence-electron chi connectivity index (χ4n) is 1.76. The van der Waals surface area contributed by atoms with E-state index in [4.69, 9.17) is 18.9 Å². The Labute approximate surface area is 124 Å². The second kappa shape index (κ2) is 10.1. The lowest BCUT2D eigenvalue weighted by atomic mass is 10.4. The molecule has 0 saturated heterocycles. The number of carbonyl (C=O) groups is 1. The van der Waals surface area contributed by atoms with E-state index in [0.717, 1.165) is 0 Å². The van der Waals surface area contributed by atoms with Crippen molar-refractivity contribution in [3.8, 4) is 0 Å². The first-order valence-electron chi connectivity index (χ1n) is 7.22. The maximum absolute atomic E-state index is 11.6. The van der Waals surface area contributed by atoms with Gasteiger partial charge < -0.3 is 18.9 Å². The molecule has 0 rings (SSSR count). The van der Waals surface area contributed by atoms with Gasteiger partial charge in [0.2, 0.25) is 0 Å². The van der Waals surface area contributed by atoms with Crippen LogP contribution in [0.25, 0.3) is 0 Å². The van der Waals surface area contributed by atoms with Crippen molar-refractivity contribution in [1.82, 2.24) is 0 Å². The Bertz CT molecular complexity index is 289. The lowest BCUT2D eigenvalue weighted by Gasteiger charge is -2.34. The van der Waals surface area contributed by atoms with Gasteiger partial charge in [-0.25, -0.2) is 4.79 Å². The second-order valence-electron chi connectivity index (χ2n) is 4.40. The van der Waals surface area contributed by atoms with Gasteiger partial charge >= 0.3 is 5.97 Å². The molecule has 0 spiro atoms. The van der Waals surface area contributed by atoms with Crippen LogP contribution in [-0.4, -0.2) is 46.6 Å². The van der Waals surface area contributed by atoms with Gasteiger partial charge in [-0.1, -0.05) is 13.5 Å². The largest absolute Gasteiger partial charge is 0.463 e. The SMILES string of the molecule is C=C(C)C(=O)OC(CC)[SiH2]C(OCC)(OCC)OCC. The van der Waals surface area contributed by atoms with Crippen LogP contribution in [0.5, 0.6) is 0 Å². The van der Waals surface area contributed by atoms with Crippen LogP contribution in [0.3, 0.4) is 0 Å². The molecule has 0 radical (unpaired) electrons. The molecule has 118 valence electrons. The smallest absolute Gasteiger partial charge is 0.333 e. The van der Waals surface area contributed by atoms with Crippen molar-refractivity contribution >= 4 is 15.5 Å². The minimum atomic E-state index is -1.13. The van der Waals surface area contributed by atoms with Crippen molar-refractivity contribution in [3.05, 3.63) is 12.2 Å². The molecule has 0 aliphatic heterocycles. The molecule has 0 aromatic carbocycles. The molecular formula is C14H28O5Si. The van der Waals surface area contributed by atoms with Crippen molar-refractivity contribution in [3.63, 3.8) is 0 Å². The van der Waals surface area contributed by atoms with Crippen LogP contribution in [0.2, 0.25) is 0 Å². The molecule has 0 heterocycles.